The Morgan fingerprint density at radius 1 is 1.10 bits per heavy atom. The number of aryl methyl sites for hydroxylation is 1. The third kappa shape index (κ3) is 3.17. The summed E-state index contributed by atoms with van der Waals surface area (Å²) in [6.45, 7) is 6.42. The lowest BCUT2D eigenvalue weighted by atomic mass is 10.1. The van der Waals surface area contributed by atoms with E-state index in [-0.39, 0.29) is 5.56 Å². The molecular weight excluding hydrogens is 272 g/mol. The predicted octanol–water partition coefficient (Wildman–Crippen LogP) is 4.11. The fourth-order valence-corrected chi connectivity index (χ4v) is 2.21. The Bertz CT molecular complexity index is 621. The Morgan fingerprint density at radius 2 is 1.76 bits per heavy atom. The molecule has 0 spiro atoms. The highest BCUT2D eigenvalue weighted by Gasteiger charge is 2.18. The summed E-state index contributed by atoms with van der Waals surface area (Å²) in [4.78, 5) is 8.80. The third-order valence-corrected chi connectivity index (χ3v) is 3.21. The fourth-order valence-electron chi connectivity index (χ4n) is 2.21. The molecule has 5 heteroatoms. The number of benzene rings is 1. The van der Waals surface area contributed by atoms with E-state index in [9.17, 15) is 8.78 Å². The van der Waals surface area contributed by atoms with Crippen molar-refractivity contribution in [2.75, 3.05) is 11.9 Å². The van der Waals surface area contributed by atoms with Gasteiger partial charge in [0.1, 0.15) is 23.3 Å². The number of aromatic nitrogens is 2. The largest absolute Gasteiger partial charge is 0.370 e. The topological polar surface area (TPSA) is 37.8 Å². The first-order valence-corrected chi connectivity index (χ1v) is 7.14. The molecule has 1 aromatic carbocycles. The Morgan fingerprint density at radius 3 is 2.33 bits per heavy atom. The molecule has 2 aromatic rings. The van der Waals surface area contributed by atoms with Gasteiger partial charge >= 0.3 is 0 Å². The van der Waals surface area contributed by atoms with Gasteiger partial charge in [-0.05, 0) is 32.4 Å². The van der Waals surface area contributed by atoms with Crippen molar-refractivity contribution in [3.05, 3.63) is 41.2 Å². The lowest BCUT2D eigenvalue weighted by Crippen LogP contribution is -2.09. The molecule has 1 N–H and O–H groups in total. The number of nitrogens with zero attached hydrogens (tertiary/aromatic N) is 2. The van der Waals surface area contributed by atoms with Gasteiger partial charge in [-0.15, -0.1) is 0 Å². The van der Waals surface area contributed by atoms with Crippen LogP contribution in [0.3, 0.4) is 0 Å². The van der Waals surface area contributed by atoms with Crippen LogP contribution >= 0.6 is 0 Å². The smallest absolute Gasteiger partial charge is 0.135 e. The van der Waals surface area contributed by atoms with Crippen LogP contribution in [0.4, 0.5) is 14.6 Å². The first-order valence-electron chi connectivity index (χ1n) is 7.14. The average Bonchev–Trinajstić information content (AvgIpc) is 2.44. The van der Waals surface area contributed by atoms with E-state index < -0.39 is 11.6 Å². The first-order chi connectivity index (χ1) is 10.1. The number of nitrogens with one attached hydrogen (secondary N) is 1. The molecule has 0 fully saturated rings. The van der Waals surface area contributed by atoms with Crippen LogP contribution in [0, 0.1) is 18.6 Å². The molecule has 0 aliphatic heterocycles. The zero-order chi connectivity index (χ0) is 15.4. The highest BCUT2D eigenvalue weighted by atomic mass is 19.1. The Hall–Kier alpha value is -2.04. The molecule has 0 radical (unpaired) electrons. The van der Waals surface area contributed by atoms with Crippen LogP contribution in [0.1, 0.15) is 31.7 Å². The van der Waals surface area contributed by atoms with Gasteiger partial charge in [-0.3, -0.25) is 0 Å². The summed E-state index contributed by atoms with van der Waals surface area (Å²) >= 11 is 0. The number of hydrogen-bond donors (Lipinski definition) is 1. The van der Waals surface area contributed by atoms with Gasteiger partial charge in [-0.25, -0.2) is 18.7 Å². The van der Waals surface area contributed by atoms with Crippen LogP contribution in [0.5, 0.6) is 0 Å². The van der Waals surface area contributed by atoms with E-state index in [0.717, 1.165) is 6.42 Å². The van der Waals surface area contributed by atoms with E-state index in [0.29, 0.717) is 35.9 Å². The normalized spacial score (nSPS) is 10.7. The summed E-state index contributed by atoms with van der Waals surface area (Å²) in [7, 11) is 0. The van der Waals surface area contributed by atoms with E-state index in [2.05, 4.69) is 15.3 Å². The zero-order valence-electron chi connectivity index (χ0n) is 12.5. The van der Waals surface area contributed by atoms with Crippen LogP contribution in [0.2, 0.25) is 0 Å². The average molecular weight is 291 g/mol. The first kappa shape index (κ1) is 15.4. The monoisotopic (exact) mass is 291 g/mol. The van der Waals surface area contributed by atoms with E-state index in [1.165, 1.54) is 18.2 Å². The summed E-state index contributed by atoms with van der Waals surface area (Å²) < 4.78 is 28.1. The summed E-state index contributed by atoms with van der Waals surface area (Å²) in [5, 5.41) is 3.13. The molecule has 21 heavy (non-hydrogen) atoms. The maximum atomic E-state index is 14.0. The van der Waals surface area contributed by atoms with Gasteiger partial charge in [0.25, 0.3) is 0 Å². The molecule has 3 nitrogen and oxygen atoms in total. The second kappa shape index (κ2) is 6.61. The summed E-state index contributed by atoms with van der Waals surface area (Å²) in [5.41, 5.74) is 0.884. The van der Waals surface area contributed by atoms with Crippen molar-refractivity contribution < 1.29 is 8.78 Å². The molecule has 0 atom stereocenters. The molecule has 0 amide bonds. The minimum absolute atomic E-state index is 0.0890. The molecule has 1 heterocycles. The quantitative estimate of drug-likeness (QED) is 0.900. The number of anilines is 1. The summed E-state index contributed by atoms with van der Waals surface area (Å²) in [6, 6.07) is 3.83. The molecule has 0 aliphatic rings. The van der Waals surface area contributed by atoms with E-state index in [1.807, 2.05) is 13.8 Å². The maximum Gasteiger partial charge on any atom is 0.135 e. The second-order valence-corrected chi connectivity index (χ2v) is 4.84. The third-order valence-electron chi connectivity index (χ3n) is 3.21. The van der Waals surface area contributed by atoms with Gasteiger partial charge in [0.05, 0.1) is 11.3 Å². The molecule has 0 unspecified atom stereocenters. The summed E-state index contributed by atoms with van der Waals surface area (Å²) in [6.07, 6.45) is 1.54. The molecule has 0 saturated heterocycles. The predicted molar refractivity (Wildman–Crippen MR) is 80.3 cm³/mol. The molecule has 0 saturated carbocycles. The van der Waals surface area contributed by atoms with E-state index >= 15 is 0 Å². The van der Waals surface area contributed by atoms with Gasteiger partial charge in [0, 0.05) is 18.5 Å². The number of rotatable bonds is 5. The van der Waals surface area contributed by atoms with Crippen molar-refractivity contribution in [3.8, 4) is 11.3 Å². The zero-order valence-corrected chi connectivity index (χ0v) is 12.5. The SMILES string of the molecule is CCCc1nc(NCC)c(C)c(-c2c(F)cccc2F)n1. The highest BCUT2D eigenvalue weighted by Crippen LogP contribution is 2.30. The van der Waals surface area contributed by atoms with Crippen molar-refractivity contribution in [2.45, 2.75) is 33.6 Å². The van der Waals surface area contributed by atoms with Crippen LogP contribution in [-0.4, -0.2) is 16.5 Å². The van der Waals surface area contributed by atoms with Gasteiger partial charge < -0.3 is 5.32 Å². The molecule has 112 valence electrons. The molecule has 0 aliphatic carbocycles. The number of hydrogen-bond acceptors (Lipinski definition) is 3. The number of halogens is 2. The lowest BCUT2D eigenvalue weighted by Gasteiger charge is -2.14. The molecule has 2 rings (SSSR count). The van der Waals surface area contributed by atoms with E-state index in [1.54, 1.807) is 6.92 Å². The second-order valence-electron chi connectivity index (χ2n) is 4.84. The Balaban J connectivity index is 2.66. The van der Waals surface area contributed by atoms with Gasteiger partial charge in [-0.1, -0.05) is 13.0 Å². The Kier molecular flexibility index (Phi) is 4.83. The van der Waals surface area contributed by atoms with Crippen molar-refractivity contribution >= 4 is 5.82 Å². The van der Waals surface area contributed by atoms with Crippen molar-refractivity contribution in [1.82, 2.24) is 9.97 Å². The van der Waals surface area contributed by atoms with Crippen molar-refractivity contribution in [2.24, 2.45) is 0 Å². The van der Waals surface area contributed by atoms with Gasteiger partial charge in [-0.2, -0.15) is 0 Å². The molecule has 0 bridgehead atoms. The Labute approximate surface area is 123 Å². The van der Waals surface area contributed by atoms with Crippen LogP contribution < -0.4 is 5.32 Å². The lowest BCUT2D eigenvalue weighted by molar-refractivity contribution is 0.588. The van der Waals surface area contributed by atoms with Crippen molar-refractivity contribution in [3.63, 3.8) is 0 Å². The van der Waals surface area contributed by atoms with Crippen molar-refractivity contribution in [1.29, 1.82) is 0 Å². The van der Waals surface area contributed by atoms with Gasteiger partial charge in [0.2, 0.25) is 0 Å². The fraction of sp³-hybridized carbons (Fsp3) is 0.375. The molecular formula is C16H19F2N3. The van der Waals surface area contributed by atoms with E-state index in [4.69, 9.17) is 0 Å². The minimum Gasteiger partial charge on any atom is -0.370 e. The highest BCUT2D eigenvalue weighted by molar-refractivity contribution is 5.69. The van der Waals surface area contributed by atoms with Crippen LogP contribution in [-0.2, 0) is 6.42 Å². The summed E-state index contributed by atoms with van der Waals surface area (Å²) in [5.74, 6) is 0.00806. The van der Waals surface area contributed by atoms with Gasteiger partial charge in [0.15, 0.2) is 0 Å². The van der Waals surface area contributed by atoms with Crippen LogP contribution in [0.15, 0.2) is 18.2 Å². The van der Waals surface area contributed by atoms with Crippen LogP contribution in [0.25, 0.3) is 11.3 Å². The molecule has 1 aromatic heterocycles. The minimum atomic E-state index is -0.610. The standard InChI is InChI=1S/C16H19F2N3/c1-4-7-13-20-15(10(3)16(21-13)19-5-2)14-11(17)8-6-9-12(14)18/h6,8-9H,4-5,7H2,1-3H3,(H,19,20,21). The maximum absolute atomic E-state index is 14.0.